The number of halogens is 1. The van der Waals surface area contributed by atoms with Crippen molar-refractivity contribution in [2.24, 2.45) is 5.92 Å². The van der Waals surface area contributed by atoms with Gasteiger partial charge in [0.05, 0.1) is 5.02 Å². The fraction of sp³-hybridized carbons (Fsp3) is 0.481. The van der Waals surface area contributed by atoms with Crippen molar-refractivity contribution in [2.45, 2.75) is 58.4 Å². The summed E-state index contributed by atoms with van der Waals surface area (Å²) in [6, 6.07) is 16.1. The van der Waals surface area contributed by atoms with Gasteiger partial charge >= 0.3 is 0 Å². The summed E-state index contributed by atoms with van der Waals surface area (Å²) in [5.74, 6) is 0.868. The maximum Gasteiger partial charge on any atom is 0.220 e. The predicted molar refractivity (Wildman–Crippen MR) is 134 cm³/mol. The molecule has 0 aromatic heterocycles. The first-order valence-electron chi connectivity index (χ1n) is 11.5. The number of carbonyl (C=O) groups is 2. The summed E-state index contributed by atoms with van der Waals surface area (Å²) in [4.78, 5) is 26.9. The summed E-state index contributed by atoms with van der Waals surface area (Å²) in [7, 11) is 4.03. The standard InChI is InChI=1S/C27H37ClN2O2/c1-6-26(31)24-13-12-20(16-25(24)28)15-23(30(4)5)18-29-27(32)17-22(14-19(2)3)21-10-8-7-9-11-21/h7-13,16,19,22-23H,6,14-15,17-18H2,1-5H3,(H,29,32)/t22-,23-/m0/s1. The minimum Gasteiger partial charge on any atom is -0.355 e. The highest BCUT2D eigenvalue weighted by Crippen LogP contribution is 2.27. The van der Waals surface area contributed by atoms with E-state index in [-0.39, 0.29) is 23.7 Å². The second kappa shape index (κ2) is 12.8. The van der Waals surface area contributed by atoms with Crippen LogP contribution in [-0.2, 0) is 11.2 Å². The first kappa shape index (κ1) is 26.1. The van der Waals surface area contributed by atoms with E-state index in [0.717, 1.165) is 18.4 Å². The number of nitrogens with zero attached hydrogens (tertiary/aromatic N) is 1. The fourth-order valence-corrected chi connectivity index (χ4v) is 4.28. The second-order valence-corrected chi connectivity index (χ2v) is 9.57. The van der Waals surface area contributed by atoms with E-state index in [9.17, 15) is 9.59 Å². The summed E-state index contributed by atoms with van der Waals surface area (Å²) < 4.78 is 0. The molecule has 0 saturated heterocycles. The SMILES string of the molecule is CCC(=O)c1ccc(C[C@@H](CNC(=O)C[C@H](CC(C)C)c2ccccc2)N(C)C)cc1Cl. The topological polar surface area (TPSA) is 49.4 Å². The molecule has 0 heterocycles. The Balaban J connectivity index is 2.00. The quantitative estimate of drug-likeness (QED) is 0.414. The smallest absolute Gasteiger partial charge is 0.220 e. The van der Waals surface area contributed by atoms with E-state index in [2.05, 4.69) is 36.2 Å². The van der Waals surface area contributed by atoms with Gasteiger partial charge in [0.2, 0.25) is 5.91 Å². The normalized spacial score (nSPS) is 13.2. The highest BCUT2D eigenvalue weighted by atomic mass is 35.5. The van der Waals surface area contributed by atoms with E-state index in [1.807, 2.05) is 57.4 Å². The molecule has 0 saturated carbocycles. The zero-order valence-electron chi connectivity index (χ0n) is 20.0. The molecular weight excluding hydrogens is 420 g/mol. The van der Waals surface area contributed by atoms with Crippen molar-refractivity contribution >= 4 is 23.3 Å². The second-order valence-electron chi connectivity index (χ2n) is 9.16. The van der Waals surface area contributed by atoms with Crippen LogP contribution in [0.5, 0.6) is 0 Å². The molecule has 2 aromatic carbocycles. The Labute approximate surface area is 198 Å². The van der Waals surface area contributed by atoms with E-state index >= 15 is 0 Å². The van der Waals surface area contributed by atoms with Gasteiger partial charge in [0.25, 0.3) is 0 Å². The van der Waals surface area contributed by atoms with Gasteiger partial charge in [-0.3, -0.25) is 9.59 Å². The Bertz CT molecular complexity index is 880. The van der Waals surface area contributed by atoms with Gasteiger partial charge in [-0.05, 0) is 62.0 Å². The third kappa shape index (κ3) is 8.07. The van der Waals surface area contributed by atoms with Gasteiger partial charge in [-0.15, -0.1) is 0 Å². The number of amides is 1. The molecule has 2 aromatic rings. The molecule has 0 unspecified atom stereocenters. The Morgan fingerprint density at radius 3 is 2.31 bits per heavy atom. The number of nitrogens with one attached hydrogen (secondary N) is 1. The van der Waals surface area contributed by atoms with Crippen molar-refractivity contribution in [1.29, 1.82) is 0 Å². The molecule has 0 aliphatic carbocycles. The Hall–Kier alpha value is -2.17. The maximum absolute atomic E-state index is 12.8. The number of hydrogen-bond acceptors (Lipinski definition) is 3. The molecule has 2 rings (SSSR count). The van der Waals surface area contributed by atoms with E-state index in [4.69, 9.17) is 11.6 Å². The Morgan fingerprint density at radius 2 is 1.75 bits per heavy atom. The Kier molecular flexibility index (Phi) is 10.4. The average molecular weight is 457 g/mol. The van der Waals surface area contributed by atoms with E-state index in [0.29, 0.717) is 35.9 Å². The van der Waals surface area contributed by atoms with Crippen LogP contribution in [0.1, 0.15) is 67.4 Å². The van der Waals surface area contributed by atoms with Crippen molar-refractivity contribution in [1.82, 2.24) is 10.2 Å². The van der Waals surface area contributed by atoms with Crippen LogP contribution in [0.25, 0.3) is 0 Å². The molecule has 174 valence electrons. The zero-order valence-corrected chi connectivity index (χ0v) is 20.8. The highest BCUT2D eigenvalue weighted by molar-refractivity contribution is 6.34. The van der Waals surface area contributed by atoms with Gasteiger partial charge in [0.15, 0.2) is 5.78 Å². The highest BCUT2D eigenvalue weighted by Gasteiger charge is 2.20. The number of Topliss-reactive ketones (excluding diaryl/α,β-unsaturated/α-hetero) is 1. The lowest BCUT2D eigenvalue weighted by Crippen LogP contribution is -2.42. The summed E-state index contributed by atoms with van der Waals surface area (Å²) in [6.45, 7) is 6.78. The number of likely N-dealkylation sites (N-methyl/N-ethyl adjacent to an activating group) is 1. The third-order valence-electron chi connectivity index (χ3n) is 5.85. The Morgan fingerprint density at radius 1 is 1.06 bits per heavy atom. The van der Waals surface area contributed by atoms with E-state index in [1.54, 1.807) is 0 Å². The minimum atomic E-state index is 0.0485. The maximum atomic E-state index is 12.8. The number of hydrogen-bond donors (Lipinski definition) is 1. The van der Waals surface area contributed by atoms with E-state index < -0.39 is 0 Å². The van der Waals surface area contributed by atoms with Crippen LogP contribution in [0.3, 0.4) is 0 Å². The molecule has 0 bridgehead atoms. The molecule has 4 nitrogen and oxygen atoms in total. The van der Waals surface area contributed by atoms with Crippen molar-refractivity contribution in [3.63, 3.8) is 0 Å². The lowest BCUT2D eigenvalue weighted by molar-refractivity contribution is -0.121. The van der Waals surface area contributed by atoms with Crippen LogP contribution in [0, 0.1) is 5.92 Å². The van der Waals surface area contributed by atoms with Crippen molar-refractivity contribution in [3.8, 4) is 0 Å². The summed E-state index contributed by atoms with van der Waals surface area (Å²) in [5, 5.41) is 3.64. The van der Waals surface area contributed by atoms with Gasteiger partial charge in [-0.1, -0.05) is 68.8 Å². The molecule has 32 heavy (non-hydrogen) atoms. The molecule has 0 fully saturated rings. The van der Waals surface area contributed by atoms with Crippen molar-refractivity contribution in [2.75, 3.05) is 20.6 Å². The van der Waals surface area contributed by atoms with Crippen LogP contribution in [0.15, 0.2) is 48.5 Å². The van der Waals surface area contributed by atoms with Crippen LogP contribution in [0.2, 0.25) is 5.02 Å². The number of rotatable bonds is 12. The molecule has 1 amide bonds. The van der Waals surface area contributed by atoms with Gasteiger partial charge in [0, 0.05) is 31.0 Å². The molecule has 0 spiro atoms. The zero-order chi connectivity index (χ0) is 23.7. The largest absolute Gasteiger partial charge is 0.355 e. The van der Waals surface area contributed by atoms with Gasteiger partial charge in [-0.2, -0.15) is 0 Å². The first-order chi connectivity index (χ1) is 15.2. The van der Waals surface area contributed by atoms with Crippen LogP contribution >= 0.6 is 11.6 Å². The van der Waals surface area contributed by atoms with Crippen LogP contribution < -0.4 is 5.32 Å². The third-order valence-corrected chi connectivity index (χ3v) is 6.16. The van der Waals surface area contributed by atoms with Crippen LogP contribution in [-0.4, -0.2) is 43.3 Å². The molecule has 5 heteroatoms. The van der Waals surface area contributed by atoms with E-state index in [1.165, 1.54) is 5.56 Å². The molecular formula is C27H37ClN2O2. The van der Waals surface area contributed by atoms with Gasteiger partial charge in [-0.25, -0.2) is 0 Å². The monoisotopic (exact) mass is 456 g/mol. The minimum absolute atomic E-state index is 0.0485. The van der Waals surface area contributed by atoms with Crippen molar-refractivity contribution < 1.29 is 9.59 Å². The lowest BCUT2D eigenvalue weighted by atomic mass is 9.87. The summed E-state index contributed by atoms with van der Waals surface area (Å²) in [6.07, 6.45) is 2.64. The molecule has 0 aliphatic heterocycles. The number of benzene rings is 2. The molecule has 0 aliphatic rings. The number of carbonyl (C=O) groups excluding carboxylic acids is 2. The summed E-state index contributed by atoms with van der Waals surface area (Å²) >= 11 is 6.35. The van der Waals surface area contributed by atoms with Crippen molar-refractivity contribution in [3.05, 3.63) is 70.2 Å². The molecule has 0 radical (unpaired) electrons. The molecule has 1 N–H and O–H groups in total. The lowest BCUT2D eigenvalue weighted by Gasteiger charge is -2.26. The number of ketones is 1. The molecule has 2 atom stereocenters. The average Bonchev–Trinajstić information content (AvgIpc) is 2.75. The summed E-state index contributed by atoms with van der Waals surface area (Å²) in [5.41, 5.74) is 2.85. The first-order valence-corrected chi connectivity index (χ1v) is 11.9. The van der Waals surface area contributed by atoms with Gasteiger partial charge < -0.3 is 10.2 Å². The van der Waals surface area contributed by atoms with Gasteiger partial charge in [0.1, 0.15) is 0 Å². The van der Waals surface area contributed by atoms with Crippen LogP contribution in [0.4, 0.5) is 0 Å². The predicted octanol–water partition coefficient (Wildman–Crippen LogP) is 5.74. The fourth-order valence-electron chi connectivity index (χ4n) is 3.97.